The average Bonchev–Trinajstić information content (AvgIpc) is 2.92. The number of methoxy groups -OCH3 is 1. The first-order valence-electron chi connectivity index (χ1n) is 7.10. The monoisotopic (exact) mass is 247 g/mol. The molecule has 0 spiro atoms. The third kappa shape index (κ3) is 3.26. The van der Waals surface area contributed by atoms with Gasteiger partial charge in [-0.25, -0.2) is 0 Å². The quantitative estimate of drug-likeness (QED) is 0.851. The van der Waals surface area contributed by atoms with Crippen molar-refractivity contribution in [3.05, 3.63) is 29.8 Å². The van der Waals surface area contributed by atoms with E-state index in [0.29, 0.717) is 12.1 Å². The van der Waals surface area contributed by atoms with E-state index in [1.54, 1.807) is 7.11 Å². The molecule has 2 atom stereocenters. The average molecular weight is 247 g/mol. The van der Waals surface area contributed by atoms with E-state index >= 15 is 0 Å². The summed E-state index contributed by atoms with van der Waals surface area (Å²) in [5.74, 6) is 1.79. The van der Waals surface area contributed by atoms with Gasteiger partial charge < -0.3 is 10.1 Å². The summed E-state index contributed by atoms with van der Waals surface area (Å²) in [4.78, 5) is 0. The van der Waals surface area contributed by atoms with Crippen LogP contribution in [0.15, 0.2) is 24.3 Å². The SMILES string of the molecule is COc1ccc(C(C)NC(C)C2CCCC2)cc1. The first-order chi connectivity index (χ1) is 8.70. The Hall–Kier alpha value is -1.02. The lowest BCUT2D eigenvalue weighted by Gasteiger charge is -2.25. The lowest BCUT2D eigenvalue weighted by Crippen LogP contribution is -2.34. The van der Waals surface area contributed by atoms with Crippen LogP contribution in [-0.4, -0.2) is 13.2 Å². The first kappa shape index (κ1) is 13.4. The highest BCUT2D eigenvalue weighted by molar-refractivity contribution is 5.28. The molecule has 18 heavy (non-hydrogen) atoms. The zero-order valence-electron chi connectivity index (χ0n) is 11.8. The van der Waals surface area contributed by atoms with E-state index < -0.39 is 0 Å². The fourth-order valence-corrected chi connectivity index (χ4v) is 2.98. The van der Waals surface area contributed by atoms with Crippen molar-refractivity contribution in [2.75, 3.05) is 7.11 Å². The summed E-state index contributed by atoms with van der Waals surface area (Å²) in [7, 11) is 1.71. The normalized spacial score (nSPS) is 19.7. The molecule has 1 aliphatic rings. The van der Waals surface area contributed by atoms with Crippen LogP contribution in [0.2, 0.25) is 0 Å². The fourth-order valence-electron chi connectivity index (χ4n) is 2.98. The number of ether oxygens (including phenoxy) is 1. The Kier molecular flexibility index (Phi) is 4.65. The minimum atomic E-state index is 0.409. The van der Waals surface area contributed by atoms with Crippen LogP contribution in [0.5, 0.6) is 5.75 Å². The second kappa shape index (κ2) is 6.24. The van der Waals surface area contributed by atoms with Gasteiger partial charge in [0.1, 0.15) is 5.75 Å². The molecular weight excluding hydrogens is 222 g/mol. The van der Waals surface area contributed by atoms with Crippen molar-refractivity contribution in [2.24, 2.45) is 5.92 Å². The Balaban J connectivity index is 1.91. The molecule has 0 heterocycles. The minimum absolute atomic E-state index is 0.409. The van der Waals surface area contributed by atoms with Crippen LogP contribution in [0.25, 0.3) is 0 Å². The third-order valence-electron chi connectivity index (χ3n) is 4.24. The molecule has 1 saturated carbocycles. The van der Waals surface area contributed by atoms with Crippen LogP contribution >= 0.6 is 0 Å². The molecule has 2 heteroatoms. The molecule has 2 unspecified atom stereocenters. The van der Waals surface area contributed by atoms with Gasteiger partial charge in [0, 0.05) is 12.1 Å². The zero-order chi connectivity index (χ0) is 13.0. The summed E-state index contributed by atoms with van der Waals surface area (Å²) < 4.78 is 5.19. The van der Waals surface area contributed by atoms with Crippen molar-refractivity contribution < 1.29 is 4.74 Å². The van der Waals surface area contributed by atoms with Gasteiger partial charge in [-0.1, -0.05) is 25.0 Å². The number of hydrogen-bond donors (Lipinski definition) is 1. The molecule has 2 nitrogen and oxygen atoms in total. The molecule has 0 aromatic heterocycles. The maximum atomic E-state index is 5.19. The maximum absolute atomic E-state index is 5.19. The van der Waals surface area contributed by atoms with Gasteiger partial charge in [-0.05, 0) is 50.3 Å². The molecule has 1 aromatic carbocycles. The van der Waals surface area contributed by atoms with E-state index in [-0.39, 0.29) is 0 Å². The highest BCUT2D eigenvalue weighted by Gasteiger charge is 2.22. The van der Waals surface area contributed by atoms with Crippen LogP contribution < -0.4 is 10.1 Å². The van der Waals surface area contributed by atoms with Gasteiger partial charge in [0.25, 0.3) is 0 Å². The third-order valence-corrected chi connectivity index (χ3v) is 4.24. The van der Waals surface area contributed by atoms with Gasteiger partial charge in [0.15, 0.2) is 0 Å². The first-order valence-corrected chi connectivity index (χ1v) is 7.10. The van der Waals surface area contributed by atoms with Crippen LogP contribution in [0.3, 0.4) is 0 Å². The topological polar surface area (TPSA) is 21.3 Å². The summed E-state index contributed by atoms with van der Waals surface area (Å²) in [6, 6.07) is 9.40. The van der Waals surface area contributed by atoms with E-state index in [1.807, 2.05) is 12.1 Å². The molecule has 1 aliphatic carbocycles. The lowest BCUT2D eigenvalue weighted by molar-refractivity contribution is 0.352. The molecule has 2 rings (SSSR count). The molecule has 0 radical (unpaired) electrons. The summed E-state index contributed by atoms with van der Waals surface area (Å²) in [5, 5.41) is 3.73. The largest absolute Gasteiger partial charge is 0.497 e. The molecule has 0 aliphatic heterocycles. The summed E-state index contributed by atoms with van der Waals surface area (Å²) >= 11 is 0. The van der Waals surface area contributed by atoms with Gasteiger partial charge >= 0.3 is 0 Å². The van der Waals surface area contributed by atoms with E-state index in [4.69, 9.17) is 4.74 Å². The van der Waals surface area contributed by atoms with Gasteiger partial charge in [-0.3, -0.25) is 0 Å². The second-order valence-corrected chi connectivity index (χ2v) is 5.49. The van der Waals surface area contributed by atoms with Crippen molar-refractivity contribution >= 4 is 0 Å². The molecular formula is C16H25NO. The maximum Gasteiger partial charge on any atom is 0.118 e. The van der Waals surface area contributed by atoms with Crippen molar-refractivity contribution in [1.82, 2.24) is 5.32 Å². The smallest absolute Gasteiger partial charge is 0.118 e. The van der Waals surface area contributed by atoms with E-state index in [1.165, 1.54) is 31.2 Å². The molecule has 0 saturated heterocycles. The van der Waals surface area contributed by atoms with Crippen LogP contribution in [0.4, 0.5) is 0 Å². The highest BCUT2D eigenvalue weighted by Crippen LogP contribution is 2.29. The van der Waals surface area contributed by atoms with Crippen molar-refractivity contribution in [2.45, 2.75) is 51.6 Å². The second-order valence-electron chi connectivity index (χ2n) is 5.49. The van der Waals surface area contributed by atoms with Crippen LogP contribution in [0.1, 0.15) is 51.1 Å². The standard InChI is InChI=1S/C16H25NO/c1-12(14-6-4-5-7-14)17-13(2)15-8-10-16(18-3)11-9-15/h8-14,17H,4-7H2,1-3H3. The fraction of sp³-hybridized carbons (Fsp3) is 0.625. The number of benzene rings is 1. The molecule has 1 N–H and O–H groups in total. The predicted octanol–water partition coefficient (Wildman–Crippen LogP) is 3.92. The van der Waals surface area contributed by atoms with E-state index in [9.17, 15) is 0 Å². The van der Waals surface area contributed by atoms with Crippen molar-refractivity contribution in [1.29, 1.82) is 0 Å². The van der Waals surface area contributed by atoms with Crippen LogP contribution in [-0.2, 0) is 0 Å². The Labute approximate surface area is 111 Å². The van der Waals surface area contributed by atoms with Crippen molar-refractivity contribution in [3.8, 4) is 5.75 Å². The Morgan fingerprint density at radius 1 is 1.11 bits per heavy atom. The molecule has 1 fully saturated rings. The van der Waals surface area contributed by atoms with Gasteiger partial charge in [-0.15, -0.1) is 0 Å². The molecule has 1 aromatic rings. The van der Waals surface area contributed by atoms with E-state index in [2.05, 4.69) is 31.3 Å². The summed E-state index contributed by atoms with van der Waals surface area (Å²) in [6.45, 7) is 4.57. The number of hydrogen-bond acceptors (Lipinski definition) is 2. The molecule has 0 bridgehead atoms. The van der Waals surface area contributed by atoms with Gasteiger partial charge in [0.2, 0.25) is 0 Å². The predicted molar refractivity (Wildman–Crippen MR) is 76.0 cm³/mol. The molecule has 100 valence electrons. The zero-order valence-corrected chi connectivity index (χ0v) is 11.8. The highest BCUT2D eigenvalue weighted by atomic mass is 16.5. The summed E-state index contributed by atoms with van der Waals surface area (Å²) in [6.07, 6.45) is 5.61. The van der Waals surface area contributed by atoms with Gasteiger partial charge in [-0.2, -0.15) is 0 Å². The Morgan fingerprint density at radius 3 is 2.28 bits per heavy atom. The lowest BCUT2D eigenvalue weighted by atomic mass is 9.98. The number of nitrogens with one attached hydrogen (secondary N) is 1. The summed E-state index contributed by atoms with van der Waals surface area (Å²) in [5.41, 5.74) is 1.33. The van der Waals surface area contributed by atoms with Gasteiger partial charge in [0.05, 0.1) is 7.11 Å². The van der Waals surface area contributed by atoms with E-state index in [0.717, 1.165) is 11.7 Å². The van der Waals surface area contributed by atoms with Crippen molar-refractivity contribution in [3.63, 3.8) is 0 Å². The van der Waals surface area contributed by atoms with Crippen LogP contribution in [0, 0.1) is 5.92 Å². The molecule has 0 amide bonds. The minimum Gasteiger partial charge on any atom is -0.497 e. The number of rotatable bonds is 5. The Bertz CT molecular complexity index is 354. The Morgan fingerprint density at radius 2 is 1.72 bits per heavy atom.